The third-order valence-electron chi connectivity index (χ3n) is 2.70. The smallest absolute Gasteiger partial charge is 0.135 e. The number of hydrogen-bond donors (Lipinski definition) is 1. The van der Waals surface area contributed by atoms with Crippen LogP contribution in [0, 0.1) is 0 Å². The molecule has 0 fully saturated rings. The molecule has 2 N–H and O–H groups in total. The highest BCUT2D eigenvalue weighted by atomic mass is 79.9. The van der Waals surface area contributed by atoms with Gasteiger partial charge in [0.2, 0.25) is 0 Å². The van der Waals surface area contributed by atoms with Gasteiger partial charge in [0, 0.05) is 5.69 Å². The fraction of sp³-hybridized carbons (Fsp3) is 0.200. The van der Waals surface area contributed by atoms with Crippen molar-refractivity contribution in [1.82, 2.24) is 0 Å². The van der Waals surface area contributed by atoms with Gasteiger partial charge < -0.3 is 19.9 Å². The van der Waals surface area contributed by atoms with Gasteiger partial charge in [0.05, 0.1) is 16.1 Å². The number of methoxy groups -OCH3 is 1. The molecule has 0 aliphatic carbocycles. The Kier molecular flexibility index (Phi) is 5.76. The molecule has 6 heteroatoms. The van der Waals surface area contributed by atoms with Crippen LogP contribution in [0.15, 0.2) is 45.3 Å². The van der Waals surface area contributed by atoms with Crippen molar-refractivity contribution in [2.45, 2.75) is 0 Å². The molecule has 0 aliphatic heterocycles. The van der Waals surface area contributed by atoms with Crippen LogP contribution in [0.25, 0.3) is 0 Å². The summed E-state index contributed by atoms with van der Waals surface area (Å²) in [6.45, 7) is 0.877. The summed E-state index contributed by atoms with van der Waals surface area (Å²) in [7, 11) is 1.62. The van der Waals surface area contributed by atoms with E-state index in [-0.39, 0.29) is 0 Å². The van der Waals surface area contributed by atoms with Gasteiger partial charge >= 0.3 is 0 Å². The van der Waals surface area contributed by atoms with Crippen LogP contribution in [0.3, 0.4) is 0 Å². The minimum atomic E-state index is 0.432. The molecular weight excluding hydrogens is 402 g/mol. The van der Waals surface area contributed by atoms with Gasteiger partial charge in [-0.15, -0.1) is 0 Å². The quantitative estimate of drug-likeness (QED) is 0.564. The number of halogens is 2. The van der Waals surface area contributed by atoms with Gasteiger partial charge in [-0.25, -0.2) is 0 Å². The Labute approximate surface area is 140 Å². The summed E-state index contributed by atoms with van der Waals surface area (Å²) in [6.07, 6.45) is 0. The zero-order valence-electron chi connectivity index (χ0n) is 11.4. The summed E-state index contributed by atoms with van der Waals surface area (Å²) in [6, 6.07) is 11.0. The van der Waals surface area contributed by atoms with Crippen LogP contribution in [0.2, 0.25) is 0 Å². The molecule has 0 unspecified atom stereocenters. The zero-order valence-corrected chi connectivity index (χ0v) is 14.6. The van der Waals surface area contributed by atoms with Crippen LogP contribution in [-0.2, 0) is 0 Å². The molecule has 4 nitrogen and oxygen atoms in total. The van der Waals surface area contributed by atoms with Crippen molar-refractivity contribution in [3.05, 3.63) is 45.3 Å². The summed E-state index contributed by atoms with van der Waals surface area (Å²) in [4.78, 5) is 0. The SMILES string of the molecule is COc1cc(Br)c(OCCOc2ccc(N)cc2)cc1Br. The predicted molar refractivity (Wildman–Crippen MR) is 90.2 cm³/mol. The van der Waals surface area contributed by atoms with E-state index in [9.17, 15) is 0 Å². The molecule has 0 aromatic heterocycles. The highest BCUT2D eigenvalue weighted by molar-refractivity contribution is 9.11. The van der Waals surface area contributed by atoms with Crippen LogP contribution in [-0.4, -0.2) is 20.3 Å². The van der Waals surface area contributed by atoms with E-state index in [2.05, 4.69) is 31.9 Å². The molecule has 0 bridgehead atoms. The topological polar surface area (TPSA) is 53.7 Å². The maximum absolute atomic E-state index is 5.68. The number of ether oxygens (including phenoxy) is 3. The lowest BCUT2D eigenvalue weighted by atomic mass is 10.3. The van der Waals surface area contributed by atoms with Gasteiger partial charge in [-0.05, 0) is 68.3 Å². The van der Waals surface area contributed by atoms with E-state index in [4.69, 9.17) is 19.9 Å². The monoisotopic (exact) mass is 415 g/mol. The van der Waals surface area contributed by atoms with Crippen molar-refractivity contribution in [2.75, 3.05) is 26.1 Å². The number of anilines is 1. The molecule has 0 saturated carbocycles. The van der Waals surface area contributed by atoms with E-state index in [1.165, 1.54) is 0 Å². The molecule has 21 heavy (non-hydrogen) atoms. The molecule has 0 saturated heterocycles. The molecular formula is C15H15Br2NO3. The Bertz CT molecular complexity index is 603. The van der Waals surface area contributed by atoms with E-state index in [1.807, 2.05) is 24.3 Å². The fourth-order valence-corrected chi connectivity index (χ4v) is 2.57. The lowest BCUT2D eigenvalue weighted by Gasteiger charge is -2.12. The highest BCUT2D eigenvalue weighted by Gasteiger charge is 2.08. The number of nitrogens with two attached hydrogens (primary N) is 1. The first-order valence-electron chi connectivity index (χ1n) is 6.24. The Morgan fingerprint density at radius 3 is 2.14 bits per heavy atom. The van der Waals surface area contributed by atoms with Crippen molar-refractivity contribution in [3.8, 4) is 17.2 Å². The fourth-order valence-electron chi connectivity index (χ4n) is 1.65. The molecule has 2 aromatic rings. The van der Waals surface area contributed by atoms with Gasteiger partial charge in [-0.3, -0.25) is 0 Å². The van der Waals surface area contributed by atoms with Crippen molar-refractivity contribution in [2.24, 2.45) is 0 Å². The average Bonchev–Trinajstić information content (AvgIpc) is 2.48. The van der Waals surface area contributed by atoms with Crippen molar-refractivity contribution >= 4 is 37.5 Å². The second-order valence-electron chi connectivity index (χ2n) is 4.18. The first-order valence-corrected chi connectivity index (χ1v) is 7.83. The molecule has 0 atom stereocenters. The third-order valence-corrected chi connectivity index (χ3v) is 3.94. The number of nitrogen functional groups attached to an aromatic ring is 1. The van der Waals surface area contributed by atoms with Crippen LogP contribution in [0.1, 0.15) is 0 Å². The molecule has 112 valence electrons. The number of benzene rings is 2. The minimum absolute atomic E-state index is 0.432. The lowest BCUT2D eigenvalue weighted by Crippen LogP contribution is -2.09. The maximum Gasteiger partial charge on any atom is 0.135 e. The molecule has 2 aromatic carbocycles. The summed E-state index contributed by atoms with van der Waals surface area (Å²) in [5, 5.41) is 0. The zero-order chi connectivity index (χ0) is 15.2. The minimum Gasteiger partial charge on any atom is -0.496 e. The standard InChI is InChI=1S/C15H15Br2NO3/c1-19-14-8-13(17)15(9-12(14)16)21-7-6-20-11-4-2-10(18)3-5-11/h2-5,8-9H,6-7,18H2,1H3. The first kappa shape index (κ1) is 16.0. The van der Waals surface area contributed by atoms with Crippen LogP contribution in [0.4, 0.5) is 5.69 Å². The molecule has 2 rings (SSSR count). The molecule has 0 spiro atoms. The lowest BCUT2D eigenvalue weighted by molar-refractivity contribution is 0.216. The normalized spacial score (nSPS) is 10.2. The van der Waals surface area contributed by atoms with E-state index < -0.39 is 0 Å². The van der Waals surface area contributed by atoms with Crippen molar-refractivity contribution in [1.29, 1.82) is 0 Å². The third kappa shape index (κ3) is 4.54. The maximum atomic E-state index is 5.68. The van der Waals surface area contributed by atoms with Gasteiger partial charge in [0.25, 0.3) is 0 Å². The summed E-state index contributed by atoms with van der Waals surface area (Å²) < 4.78 is 18.1. The average molecular weight is 417 g/mol. The Morgan fingerprint density at radius 2 is 1.48 bits per heavy atom. The molecule has 0 aliphatic rings. The van der Waals surface area contributed by atoms with E-state index in [0.29, 0.717) is 18.9 Å². The van der Waals surface area contributed by atoms with E-state index in [1.54, 1.807) is 19.2 Å². The van der Waals surface area contributed by atoms with Gasteiger partial charge in [-0.2, -0.15) is 0 Å². The molecule has 0 radical (unpaired) electrons. The Hall–Kier alpha value is -1.40. The first-order chi connectivity index (χ1) is 10.1. The van der Waals surface area contributed by atoms with Crippen LogP contribution >= 0.6 is 31.9 Å². The van der Waals surface area contributed by atoms with Gasteiger partial charge in [0.15, 0.2) is 0 Å². The Balaban J connectivity index is 1.86. The second kappa shape index (κ2) is 7.56. The molecule has 0 amide bonds. The van der Waals surface area contributed by atoms with Crippen LogP contribution in [0.5, 0.6) is 17.2 Å². The van der Waals surface area contributed by atoms with Crippen molar-refractivity contribution < 1.29 is 14.2 Å². The van der Waals surface area contributed by atoms with Crippen LogP contribution < -0.4 is 19.9 Å². The Morgan fingerprint density at radius 1 is 0.905 bits per heavy atom. The summed E-state index contributed by atoms with van der Waals surface area (Å²) in [5.41, 5.74) is 6.33. The largest absolute Gasteiger partial charge is 0.496 e. The second-order valence-corrected chi connectivity index (χ2v) is 5.89. The van der Waals surface area contributed by atoms with Gasteiger partial charge in [-0.1, -0.05) is 0 Å². The van der Waals surface area contributed by atoms with Gasteiger partial charge in [0.1, 0.15) is 30.5 Å². The number of rotatable bonds is 6. The summed E-state index contributed by atoms with van der Waals surface area (Å²) >= 11 is 6.87. The predicted octanol–water partition coefficient (Wildman–Crippen LogP) is 4.26. The molecule has 0 heterocycles. The highest BCUT2D eigenvalue weighted by Crippen LogP contribution is 2.35. The van der Waals surface area contributed by atoms with E-state index in [0.717, 1.165) is 26.2 Å². The van der Waals surface area contributed by atoms with Crippen molar-refractivity contribution in [3.63, 3.8) is 0 Å². The number of hydrogen-bond acceptors (Lipinski definition) is 4. The van der Waals surface area contributed by atoms with E-state index >= 15 is 0 Å². The summed E-state index contributed by atoms with van der Waals surface area (Å²) in [5.74, 6) is 2.23.